The lowest BCUT2D eigenvalue weighted by molar-refractivity contribution is -0.121. The van der Waals surface area contributed by atoms with E-state index in [2.05, 4.69) is 28.2 Å². The summed E-state index contributed by atoms with van der Waals surface area (Å²) in [5.74, 6) is -0.547. The Balaban J connectivity index is 1.93. The number of nitriles is 1. The second kappa shape index (κ2) is 8.61. The van der Waals surface area contributed by atoms with E-state index in [0.29, 0.717) is 23.6 Å². The van der Waals surface area contributed by atoms with Crippen molar-refractivity contribution in [1.29, 1.82) is 5.26 Å². The molecule has 0 spiro atoms. The van der Waals surface area contributed by atoms with Crippen LogP contribution in [0.5, 0.6) is 0 Å². The minimum absolute atomic E-state index is 0.284. The number of carbonyl (C=O) groups is 1. The first kappa shape index (κ1) is 18.1. The molecule has 1 aliphatic heterocycles. The van der Waals surface area contributed by atoms with Gasteiger partial charge in [-0.05, 0) is 31.4 Å². The zero-order chi connectivity index (χ0) is 18.4. The lowest BCUT2D eigenvalue weighted by Crippen LogP contribution is -2.32. The third-order valence-electron chi connectivity index (χ3n) is 4.73. The molecule has 6 nitrogen and oxygen atoms in total. The third kappa shape index (κ3) is 3.93. The number of para-hydroxylation sites is 2. The number of fused-ring (bicyclic) bond motifs is 1. The van der Waals surface area contributed by atoms with Gasteiger partial charge < -0.3 is 10.2 Å². The molecule has 136 valence electrons. The van der Waals surface area contributed by atoms with Gasteiger partial charge in [-0.25, -0.2) is 9.97 Å². The Kier molecular flexibility index (Phi) is 6.00. The fraction of sp³-hybridized carbons (Fsp3) is 0.500. The highest BCUT2D eigenvalue weighted by Crippen LogP contribution is 2.29. The van der Waals surface area contributed by atoms with Gasteiger partial charge in [-0.15, -0.1) is 0 Å². The number of aromatic nitrogens is 2. The van der Waals surface area contributed by atoms with Crippen LogP contribution >= 0.6 is 0 Å². The van der Waals surface area contributed by atoms with Crippen molar-refractivity contribution in [2.24, 2.45) is 0 Å². The van der Waals surface area contributed by atoms with Crippen molar-refractivity contribution in [3.63, 3.8) is 0 Å². The first-order chi connectivity index (χ1) is 12.7. The van der Waals surface area contributed by atoms with Crippen molar-refractivity contribution in [1.82, 2.24) is 15.3 Å². The molecule has 0 bridgehead atoms. The molecule has 1 N–H and O–H groups in total. The SMILES string of the molecule is CCCCCNC(=O)C(C#N)c1nc2ccccc2nc1N1CCCC1. The van der Waals surface area contributed by atoms with Crippen LogP contribution in [0.2, 0.25) is 0 Å². The average molecular weight is 351 g/mol. The summed E-state index contributed by atoms with van der Waals surface area (Å²) in [6.45, 7) is 4.48. The number of rotatable bonds is 7. The Morgan fingerprint density at radius 2 is 1.92 bits per heavy atom. The first-order valence-corrected chi connectivity index (χ1v) is 9.43. The van der Waals surface area contributed by atoms with Gasteiger partial charge in [0.2, 0.25) is 5.91 Å². The monoisotopic (exact) mass is 351 g/mol. The molecular formula is C20H25N5O. The molecule has 1 aromatic carbocycles. The summed E-state index contributed by atoms with van der Waals surface area (Å²) < 4.78 is 0. The molecular weight excluding hydrogens is 326 g/mol. The summed E-state index contributed by atoms with van der Waals surface area (Å²) in [5.41, 5.74) is 1.98. The van der Waals surface area contributed by atoms with Crippen LogP contribution in [0.4, 0.5) is 5.82 Å². The molecule has 0 saturated carbocycles. The van der Waals surface area contributed by atoms with E-state index in [1.165, 1.54) is 0 Å². The Hall–Kier alpha value is -2.68. The normalized spacial score (nSPS) is 15.0. The van der Waals surface area contributed by atoms with Crippen LogP contribution in [0, 0.1) is 11.3 Å². The number of carbonyl (C=O) groups excluding carboxylic acids is 1. The number of nitrogens with zero attached hydrogens (tertiary/aromatic N) is 4. The summed E-state index contributed by atoms with van der Waals surface area (Å²) in [6.07, 6.45) is 5.25. The molecule has 0 aliphatic carbocycles. The highest BCUT2D eigenvalue weighted by molar-refractivity contribution is 5.88. The molecule has 1 atom stereocenters. The van der Waals surface area contributed by atoms with Gasteiger partial charge >= 0.3 is 0 Å². The van der Waals surface area contributed by atoms with Gasteiger partial charge in [0.25, 0.3) is 0 Å². The molecule has 2 aromatic rings. The van der Waals surface area contributed by atoms with E-state index in [1.807, 2.05) is 24.3 Å². The van der Waals surface area contributed by atoms with Crippen molar-refractivity contribution >= 4 is 22.8 Å². The average Bonchev–Trinajstić information content (AvgIpc) is 3.20. The second-order valence-electron chi connectivity index (χ2n) is 6.68. The Labute approximate surface area is 154 Å². The number of anilines is 1. The molecule has 1 fully saturated rings. The van der Waals surface area contributed by atoms with Crippen molar-refractivity contribution in [2.45, 2.75) is 44.9 Å². The van der Waals surface area contributed by atoms with Gasteiger partial charge in [0.05, 0.1) is 17.1 Å². The van der Waals surface area contributed by atoms with E-state index in [-0.39, 0.29) is 5.91 Å². The first-order valence-electron chi connectivity index (χ1n) is 9.43. The van der Waals surface area contributed by atoms with Gasteiger partial charge in [0, 0.05) is 19.6 Å². The van der Waals surface area contributed by atoms with E-state index in [9.17, 15) is 10.1 Å². The highest BCUT2D eigenvalue weighted by Gasteiger charge is 2.29. The zero-order valence-corrected chi connectivity index (χ0v) is 15.2. The summed E-state index contributed by atoms with van der Waals surface area (Å²) in [5, 5.41) is 12.6. The molecule has 1 aromatic heterocycles. The number of amides is 1. The number of hydrogen-bond donors (Lipinski definition) is 1. The van der Waals surface area contributed by atoms with Crippen LogP contribution in [0.15, 0.2) is 24.3 Å². The van der Waals surface area contributed by atoms with Crippen molar-refractivity contribution in [3.05, 3.63) is 30.0 Å². The molecule has 1 unspecified atom stereocenters. The van der Waals surface area contributed by atoms with Crippen LogP contribution in [-0.2, 0) is 4.79 Å². The maximum absolute atomic E-state index is 12.6. The van der Waals surface area contributed by atoms with Crippen LogP contribution in [0.1, 0.15) is 50.6 Å². The van der Waals surface area contributed by atoms with E-state index in [4.69, 9.17) is 4.98 Å². The van der Waals surface area contributed by atoms with E-state index < -0.39 is 5.92 Å². The molecule has 1 saturated heterocycles. The summed E-state index contributed by atoms with van der Waals surface area (Å²) in [7, 11) is 0. The van der Waals surface area contributed by atoms with Gasteiger partial charge in [-0.1, -0.05) is 31.9 Å². The molecule has 0 radical (unpaired) electrons. The van der Waals surface area contributed by atoms with E-state index in [1.54, 1.807) is 0 Å². The van der Waals surface area contributed by atoms with Crippen molar-refractivity contribution < 1.29 is 4.79 Å². The summed E-state index contributed by atoms with van der Waals surface area (Å²) in [6, 6.07) is 9.74. The molecule has 6 heteroatoms. The number of unbranched alkanes of at least 4 members (excludes halogenated alkanes) is 2. The molecule has 1 aliphatic rings. The number of benzene rings is 1. The van der Waals surface area contributed by atoms with Crippen molar-refractivity contribution in [2.75, 3.05) is 24.5 Å². The minimum atomic E-state index is -0.940. The predicted octanol–water partition coefficient (Wildman–Crippen LogP) is 3.14. The predicted molar refractivity (Wildman–Crippen MR) is 102 cm³/mol. The molecule has 26 heavy (non-hydrogen) atoms. The third-order valence-corrected chi connectivity index (χ3v) is 4.73. The van der Waals surface area contributed by atoms with Crippen LogP contribution in [0.3, 0.4) is 0 Å². The van der Waals surface area contributed by atoms with E-state index in [0.717, 1.165) is 50.7 Å². The highest BCUT2D eigenvalue weighted by atomic mass is 16.1. The Bertz CT molecular complexity index is 807. The Morgan fingerprint density at radius 1 is 1.23 bits per heavy atom. The molecule has 1 amide bonds. The lowest BCUT2D eigenvalue weighted by atomic mass is 10.0. The maximum atomic E-state index is 12.6. The topological polar surface area (TPSA) is 81.9 Å². The van der Waals surface area contributed by atoms with Crippen LogP contribution < -0.4 is 10.2 Å². The quantitative estimate of drug-likeness (QED) is 0.775. The summed E-state index contributed by atoms with van der Waals surface area (Å²) >= 11 is 0. The smallest absolute Gasteiger partial charge is 0.243 e. The largest absolute Gasteiger partial charge is 0.355 e. The van der Waals surface area contributed by atoms with Crippen LogP contribution in [-0.4, -0.2) is 35.5 Å². The molecule has 3 rings (SSSR count). The van der Waals surface area contributed by atoms with Crippen molar-refractivity contribution in [3.8, 4) is 6.07 Å². The zero-order valence-electron chi connectivity index (χ0n) is 15.2. The van der Waals surface area contributed by atoms with Gasteiger partial charge in [0.1, 0.15) is 5.69 Å². The van der Waals surface area contributed by atoms with Crippen LogP contribution in [0.25, 0.3) is 11.0 Å². The van der Waals surface area contributed by atoms with Gasteiger partial charge in [-0.3, -0.25) is 4.79 Å². The number of hydrogen-bond acceptors (Lipinski definition) is 5. The number of nitrogens with one attached hydrogen (secondary N) is 1. The van der Waals surface area contributed by atoms with E-state index >= 15 is 0 Å². The van der Waals surface area contributed by atoms with Gasteiger partial charge in [0.15, 0.2) is 11.7 Å². The standard InChI is InChI=1S/C20H25N5O/c1-2-3-6-11-22-20(26)15(14-21)18-19(25-12-7-8-13-25)24-17-10-5-4-9-16(17)23-18/h4-5,9-10,15H,2-3,6-8,11-13H2,1H3,(H,22,26). The molecule has 2 heterocycles. The summed E-state index contributed by atoms with van der Waals surface area (Å²) in [4.78, 5) is 24.2. The Morgan fingerprint density at radius 3 is 2.58 bits per heavy atom. The van der Waals surface area contributed by atoms with Gasteiger partial charge in [-0.2, -0.15) is 5.26 Å². The second-order valence-corrected chi connectivity index (χ2v) is 6.68. The lowest BCUT2D eigenvalue weighted by Gasteiger charge is -2.21. The minimum Gasteiger partial charge on any atom is -0.355 e. The maximum Gasteiger partial charge on any atom is 0.243 e. The fourth-order valence-corrected chi connectivity index (χ4v) is 3.29. The fourth-order valence-electron chi connectivity index (χ4n) is 3.29.